The Morgan fingerprint density at radius 3 is 2.50 bits per heavy atom. The Morgan fingerprint density at radius 1 is 1.11 bits per heavy atom. The molecule has 2 aromatic carbocycles. The highest BCUT2D eigenvalue weighted by molar-refractivity contribution is 7.20. The summed E-state index contributed by atoms with van der Waals surface area (Å²) in [5.74, 6) is 1.61. The molecule has 0 spiro atoms. The summed E-state index contributed by atoms with van der Waals surface area (Å²) in [5.41, 5.74) is 2.74. The van der Waals surface area contributed by atoms with Crippen LogP contribution in [0.4, 0.5) is 10.9 Å². The van der Waals surface area contributed by atoms with Crippen molar-refractivity contribution in [2.75, 3.05) is 30.4 Å². The van der Waals surface area contributed by atoms with Gasteiger partial charge in [0.1, 0.15) is 11.4 Å². The van der Waals surface area contributed by atoms with E-state index in [1.165, 1.54) is 11.3 Å². The van der Waals surface area contributed by atoms with Crippen LogP contribution in [0.15, 0.2) is 54.6 Å². The zero-order valence-corrected chi connectivity index (χ0v) is 22.4. The van der Waals surface area contributed by atoms with Crippen LogP contribution in [-0.2, 0) is 11.3 Å². The molecule has 190 valence electrons. The van der Waals surface area contributed by atoms with E-state index in [0.717, 1.165) is 44.9 Å². The molecule has 0 bridgehead atoms. The molecule has 0 aliphatic carbocycles. The van der Waals surface area contributed by atoms with Crippen LogP contribution in [0.5, 0.6) is 5.75 Å². The van der Waals surface area contributed by atoms with Crippen molar-refractivity contribution < 1.29 is 9.53 Å². The van der Waals surface area contributed by atoms with Crippen molar-refractivity contribution in [3.8, 4) is 17.0 Å². The first-order valence-corrected chi connectivity index (χ1v) is 13.0. The first-order valence-electron chi connectivity index (χ1n) is 12.2. The van der Waals surface area contributed by atoms with E-state index in [0.29, 0.717) is 13.2 Å². The van der Waals surface area contributed by atoms with Crippen LogP contribution in [0.3, 0.4) is 0 Å². The summed E-state index contributed by atoms with van der Waals surface area (Å²) in [6.07, 6.45) is 0.971. The molecule has 0 saturated heterocycles. The van der Waals surface area contributed by atoms with Crippen molar-refractivity contribution in [2.45, 2.75) is 46.2 Å². The first-order chi connectivity index (χ1) is 17.2. The van der Waals surface area contributed by atoms with Crippen LogP contribution in [0.2, 0.25) is 0 Å². The lowest BCUT2D eigenvalue weighted by atomic mass is 10.1. The van der Waals surface area contributed by atoms with E-state index in [1.54, 1.807) is 0 Å². The molecule has 0 saturated carbocycles. The highest BCUT2D eigenvalue weighted by atomic mass is 32.1. The number of carbonyl (C=O) groups excluding carboxylic acids is 1. The fourth-order valence-electron chi connectivity index (χ4n) is 3.62. The maximum absolute atomic E-state index is 12.6. The van der Waals surface area contributed by atoms with Crippen LogP contribution in [0.1, 0.15) is 39.7 Å². The molecule has 1 amide bonds. The summed E-state index contributed by atoms with van der Waals surface area (Å²) in [7, 11) is 1.87. The van der Waals surface area contributed by atoms with E-state index < -0.39 is 0 Å². The van der Waals surface area contributed by atoms with Gasteiger partial charge in [-0.25, -0.2) is 4.98 Å². The molecule has 4 aromatic rings. The van der Waals surface area contributed by atoms with Crippen molar-refractivity contribution in [3.05, 3.63) is 60.2 Å². The number of hydrogen-bond donors (Lipinski definition) is 2. The smallest absolute Gasteiger partial charge is 0.239 e. The minimum Gasteiger partial charge on any atom is -0.494 e. The molecule has 0 atom stereocenters. The topological polar surface area (TPSA) is 83.8 Å². The van der Waals surface area contributed by atoms with E-state index in [9.17, 15) is 4.79 Å². The van der Waals surface area contributed by atoms with Gasteiger partial charge in [-0.15, -0.1) is 5.10 Å². The number of likely N-dealkylation sites (N-methyl/N-ethyl adjacent to an activating group) is 1. The lowest BCUT2D eigenvalue weighted by Gasteiger charge is -2.22. The average molecular weight is 507 g/mol. The van der Waals surface area contributed by atoms with E-state index in [1.807, 2.05) is 71.1 Å². The number of nitrogens with zero attached hydrogens (tertiary/aromatic N) is 4. The lowest BCUT2D eigenvalue weighted by Crippen LogP contribution is -2.34. The van der Waals surface area contributed by atoms with Gasteiger partial charge in [-0.05, 0) is 44.9 Å². The largest absolute Gasteiger partial charge is 0.494 e. The molecular formula is C27H34N6O2S. The number of amides is 1. The number of fused-ring (bicyclic) bond motifs is 1. The Labute approximate surface area is 216 Å². The van der Waals surface area contributed by atoms with Gasteiger partial charge in [0.05, 0.1) is 13.2 Å². The molecule has 0 fully saturated rings. The average Bonchev–Trinajstić information content (AvgIpc) is 3.41. The summed E-state index contributed by atoms with van der Waals surface area (Å²) in [5, 5.41) is 12.1. The zero-order chi connectivity index (χ0) is 25.7. The van der Waals surface area contributed by atoms with Gasteiger partial charge in [-0.2, -0.15) is 4.52 Å². The maximum atomic E-state index is 12.6. The zero-order valence-electron chi connectivity index (χ0n) is 21.5. The number of rotatable bonds is 10. The van der Waals surface area contributed by atoms with Gasteiger partial charge in [0, 0.05) is 24.7 Å². The van der Waals surface area contributed by atoms with Gasteiger partial charge in [-0.3, -0.25) is 4.79 Å². The Hall–Kier alpha value is -3.59. The molecule has 2 N–H and O–H groups in total. The minimum atomic E-state index is -0.171. The summed E-state index contributed by atoms with van der Waals surface area (Å²) in [6.45, 7) is 9.76. The predicted octanol–water partition coefficient (Wildman–Crippen LogP) is 5.21. The third-order valence-electron chi connectivity index (χ3n) is 5.33. The van der Waals surface area contributed by atoms with E-state index in [-0.39, 0.29) is 18.0 Å². The maximum Gasteiger partial charge on any atom is 0.239 e. The molecule has 0 radical (unpaired) electrons. The second-order valence-electron chi connectivity index (χ2n) is 9.75. The van der Waals surface area contributed by atoms with E-state index >= 15 is 0 Å². The predicted molar refractivity (Wildman–Crippen MR) is 147 cm³/mol. The molecule has 0 aliphatic heterocycles. The Balaban J connectivity index is 1.44. The molecule has 2 aromatic heterocycles. The normalized spacial score (nSPS) is 11.5. The highest BCUT2D eigenvalue weighted by Gasteiger charge is 2.23. The van der Waals surface area contributed by atoms with Crippen LogP contribution in [-0.4, -0.2) is 46.2 Å². The number of hydrogen-bond acceptors (Lipinski definition) is 7. The highest BCUT2D eigenvalue weighted by Crippen LogP contribution is 2.34. The SMILES string of the molecule is CCCOc1ccc(CNC(=O)CN(C)c2nn3c(NC(C)(C)C)c(-c4ccccc4)nc3s2)cc1. The second-order valence-corrected chi connectivity index (χ2v) is 10.7. The summed E-state index contributed by atoms with van der Waals surface area (Å²) < 4.78 is 7.45. The summed E-state index contributed by atoms with van der Waals surface area (Å²) in [6, 6.07) is 17.9. The number of nitrogens with one attached hydrogen (secondary N) is 2. The molecule has 2 heterocycles. The van der Waals surface area contributed by atoms with E-state index in [4.69, 9.17) is 14.8 Å². The van der Waals surface area contributed by atoms with Crippen molar-refractivity contribution >= 4 is 33.2 Å². The van der Waals surface area contributed by atoms with Crippen LogP contribution in [0, 0.1) is 0 Å². The second kappa shape index (κ2) is 11.0. The Bertz CT molecular complexity index is 1290. The quantitative estimate of drug-likeness (QED) is 0.307. The Morgan fingerprint density at radius 2 is 1.83 bits per heavy atom. The molecule has 4 rings (SSSR count). The first kappa shape index (κ1) is 25.5. The van der Waals surface area contributed by atoms with Gasteiger partial charge in [-0.1, -0.05) is 60.7 Å². The van der Waals surface area contributed by atoms with Crippen molar-refractivity contribution in [3.63, 3.8) is 0 Å². The van der Waals surface area contributed by atoms with Crippen molar-refractivity contribution in [1.82, 2.24) is 19.9 Å². The number of aromatic nitrogens is 3. The van der Waals surface area contributed by atoms with E-state index in [2.05, 4.69) is 38.3 Å². The number of benzene rings is 2. The fraction of sp³-hybridized carbons (Fsp3) is 0.370. The third-order valence-corrected chi connectivity index (χ3v) is 6.35. The molecule has 36 heavy (non-hydrogen) atoms. The van der Waals surface area contributed by atoms with Crippen LogP contribution in [0.25, 0.3) is 16.2 Å². The molecular weight excluding hydrogens is 472 g/mol. The van der Waals surface area contributed by atoms with Crippen LogP contribution >= 0.6 is 11.3 Å². The van der Waals surface area contributed by atoms with Gasteiger partial charge in [0.15, 0.2) is 5.82 Å². The summed E-state index contributed by atoms with van der Waals surface area (Å²) >= 11 is 1.46. The number of ether oxygens (including phenoxy) is 1. The molecule has 8 nitrogen and oxygen atoms in total. The lowest BCUT2D eigenvalue weighted by molar-refractivity contribution is -0.119. The molecule has 0 unspecified atom stereocenters. The number of imidazole rings is 1. The van der Waals surface area contributed by atoms with Gasteiger partial charge in [0.2, 0.25) is 16.0 Å². The third kappa shape index (κ3) is 6.34. The van der Waals surface area contributed by atoms with Crippen LogP contribution < -0.4 is 20.3 Å². The minimum absolute atomic E-state index is 0.0744. The monoisotopic (exact) mass is 506 g/mol. The van der Waals surface area contributed by atoms with Gasteiger partial charge < -0.3 is 20.3 Å². The standard InChI is InChI=1S/C27H34N6O2S/c1-6-16-35-21-14-12-19(13-15-21)17-28-22(34)18-32(5)26-31-33-24(30-27(2,3)4)23(29-25(33)36-26)20-10-8-7-9-11-20/h7-15,30H,6,16-18H2,1-5H3,(H,28,34). The van der Waals surface area contributed by atoms with Gasteiger partial charge >= 0.3 is 0 Å². The Kier molecular flexibility index (Phi) is 7.79. The number of carbonyl (C=O) groups is 1. The summed E-state index contributed by atoms with van der Waals surface area (Å²) in [4.78, 5) is 20.1. The van der Waals surface area contributed by atoms with Crippen molar-refractivity contribution in [2.24, 2.45) is 0 Å². The fourth-order valence-corrected chi connectivity index (χ4v) is 4.48. The van der Waals surface area contributed by atoms with Gasteiger partial charge in [0.25, 0.3) is 0 Å². The molecule has 9 heteroatoms. The van der Waals surface area contributed by atoms with Crippen molar-refractivity contribution in [1.29, 1.82) is 0 Å². The molecule has 0 aliphatic rings. The number of anilines is 2.